The number of hydrogen-bond acceptors (Lipinski definition) is 1. The molecule has 0 saturated carbocycles. The minimum Gasteiger partial charge on any atom is -0.372 e. The van der Waals surface area contributed by atoms with E-state index in [0.717, 1.165) is 6.61 Å². The van der Waals surface area contributed by atoms with Crippen LogP contribution >= 0.6 is 0 Å². The maximum atomic E-state index is 6.99. The fourth-order valence-corrected chi connectivity index (χ4v) is 1.41. The van der Waals surface area contributed by atoms with Crippen molar-refractivity contribution in [2.45, 2.75) is 26.8 Å². The Morgan fingerprint density at radius 3 is 2.64 bits per heavy atom. The van der Waals surface area contributed by atoms with Gasteiger partial charge in [0.25, 0.3) is 6.04 Å². The molecule has 1 aliphatic heterocycles. The SMILES string of the molecule is [C-]#[N+]C1COCC1(C)C(C)C. The average molecular weight is 153 g/mol. The van der Waals surface area contributed by atoms with E-state index in [1.54, 1.807) is 0 Å². The molecule has 1 rings (SSSR count). The van der Waals surface area contributed by atoms with Crippen molar-refractivity contribution >= 4 is 0 Å². The van der Waals surface area contributed by atoms with Crippen molar-refractivity contribution in [3.63, 3.8) is 0 Å². The zero-order chi connectivity index (χ0) is 8.48. The van der Waals surface area contributed by atoms with Gasteiger partial charge in [-0.1, -0.05) is 13.8 Å². The molecular formula is C9H15NO. The zero-order valence-corrected chi connectivity index (χ0v) is 7.42. The molecule has 0 radical (unpaired) electrons. The van der Waals surface area contributed by atoms with E-state index in [0.29, 0.717) is 12.5 Å². The highest BCUT2D eigenvalue weighted by atomic mass is 16.5. The summed E-state index contributed by atoms with van der Waals surface area (Å²) < 4.78 is 5.31. The molecule has 2 heteroatoms. The number of nitrogens with zero attached hydrogens (tertiary/aromatic N) is 1. The molecule has 2 nitrogen and oxygen atoms in total. The van der Waals surface area contributed by atoms with Crippen LogP contribution in [0.5, 0.6) is 0 Å². The van der Waals surface area contributed by atoms with E-state index in [4.69, 9.17) is 11.3 Å². The molecule has 0 aromatic rings. The molecule has 2 atom stereocenters. The Kier molecular flexibility index (Phi) is 2.20. The lowest BCUT2D eigenvalue weighted by molar-refractivity contribution is 0.132. The first-order valence-electron chi connectivity index (χ1n) is 4.05. The first kappa shape index (κ1) is 8.55. The van der Waals surface area contributed by atoms with Gasteiger partial charge in [-0.3, -0.25) is 0 Å². The summed E-state index contributed by atoms with van der Waals surface area (Å²) in [4.78, 5) is 3.59. The summed E-state index contributed by atoms with van der Waals surface area (Å²) >= 11 is 0. The van der Waals surface area contributed by atoms with E-state index in [2.05, 4.69) is 25.6 Å². The predicted molar refractivity (Wildman–Crippen MR) is 44.2 cm³/mol. The van der Waals surface area contributed by atoms with Crippen LogP contribution in [0.2, 0.25) is 0 Å². The van der Waals surface area contributed by atoms with E-state index in [-0.39, 0.29) is 11.5 Å². The van der Waals surface area contributed by atoms with E-state index in [9.17, 15) is 0 Å². The van der Waals surface area contributed by atoms with Crippen LogP contribution in [0.1, 0.15) is 20.8 Å². The van der Waals surface area contributed by atoms with Crippen LogP contribution in [0.3, 0.4) is 0 Å². The minimum atomic E-state index is 0.0718. The minimum absolute atomic E-state index is 0.0718. The van der Waals surface area contributed by atoms with Crippen LogP contribution < -0.4 is 0 Å². The Morgan fingerprint density at radius 2 is 2.27 bits per heavy atom. The third kappa shape index (κ3) is 1.25. The second-order valence-electron chi connectivity index (χ2n) is 3.82. The molecule has 0 spiro atoms. The summed E-state index contributed by atoms with van der Waals surface area (Å²) in [5.74, 6) is 0.532. The maximum Gasteiger partial charge on any atom is 0.254 e. The first-order chi connectivity index (χ1) is 5.11. The summed E-state index contributed by atoms with van der Waals surface area (Å²) in [6, 6.07) is 0.0718. The van der Waals surface area contributed by atoms with Crippen LogP contribution in [0.25, 0.3) is 4.85 Å². The van der Waals surface area contributed by atoms with Crippen molar-refractivity contribution in [1.29, 1.82) is 0 Å². The highest BCUT2D eigenvalue weighted by Crippen LogP contribution is 2.37. The maximum absolute atomic E-state index is 6.99. The normalized spacial score (nSPS) is 37.5. The number of hydrogen-bond donors (Lipinski definition) is 0. The number of ether oxygens (including phenoxy) is 1. The quantitative estimate of drug-likeness (QED) is 0.525. The van der Waals surface area contributed by atoms with E-state index in [1.165, 1.54) is 0 Å². The molecule has 1 aliphatic rings. The molecule has 62 valence electrons. The Bertz CT molecular complexity index is 182. The molecule has 0 aliphatic carbocycles. The Hall–Kier alpha value is -0.550. The molecule has 0 bridgehead atoms. The summed E-state index contributed by atoms with van der Waals surface area (Å²) in [6.45, 7) is 14.8. The van der Waals surface area contributed by atoms with Crippen molar-refractivity contribution in [2.75, 3.05) is 13.2 Å². The summed E-state index contributed by atoms with van der Waals surface area (Å²) in [7, 11) is 0. The molecule has 1 saturated heterocycles. The van der Waals surface area contributed by atoms with Crippen LogP contribution in [0.15, 0.2) is 0 Å². The monoisotopic (exact) mass is 153 g/mol. The standard InChI is InChI=1S/C9H15NO/c1-7(2)9(3)6-11-5-8(9)10-4/h7-8H,5-6H2,1-3H3. The van der Waals surface area contributed by atoms with Gasteiger partial charge >= 0.3 is 0 Å². The highest BCUT2D eigenvalue weighted by Gasteiger charge is 2.47. The second-order valence-corrected chi connectivity index (χ2v) is 3.82. The van der Waals surface area contributed by atoms with E-state index >= 15 is 0 Å². The van der Waals surface area contributed by atoms with Crippen LogP contribution in [-0.4, -0.2) is 19.3 Å². The zero-order valence-electron chi connectivity index (χ0n) is 7.42. The molecule has 0 aromatic carbocycles. The van der Waals surface area contributed by atoms with Gasteiger partial charge in [-0.25, -0.2) is 6.57 Å². The van der Waals surface area contributed by atoms with Crippen molar-refractivity contribution < 1.29 is 4.74 Å². The molecular weight excluding hydrogens is 138 g/mol. The van der Waals surface area contributed by atoms with E-state index < -0.39 is 0 Å². The fourth-order valence-electron chi connectivity index (χ4n) is 1.41. The Labute approximate surface area is 68.4 Å². The van der Waals surface area contributed by atoms with Gasteiger partial charge in [0.15, 0.2) is 0 Å². The molecule has 2 unspecified atom stereocenters. The van der Waals surface area contributed by atoms with E-state index in [1.807, 2.05) is 0 Å². The lowest BCUT2D eigenvalue weighted by Gasteiger charge is -2.26. The fraction of sp³-hybridized carbons (Fsp3) is 0.889. The summed E-state index contributed by atoms with van der Waals surface area (Å²) in [5.41, 5.74) is 0.0851. The van der Waals surface area contributed by atoms with Crippen molar-refractivity contribution in [3.05, 3.63) is 11.4 Å². The van der Waals surface area contributed by atoms with Crippen molar-refractivity contribution in [3.8, 4) is 0 Å². The van der Waals surface area contributed by atoms with Crippen LogP contribution in [-0.2, 0) is 4.74 Å². The molecule has 0 amide bonds. The highest BCUT2D eigenvalue weighted by molar-refractivity contribution is 5.00. The first-order valence-corrected chi connectivity index (χ1v) is 4.05. The Balaban J connectivity index is 2.77. The third-order valence-electron chi connectivity index (χ3n) is 2.92. The molecule has 11 heavy (non-hydrogen) atoms. The van der Waals surface area contributed by atoms with Gasteiger partial charge in [-0.2, -0.15) is 0 Å². The van der Waals surface area contributed by atoms with Gasteiger partial charge in [-0.05, 0) is 12.8 Å². The molecule has 1 fully saturated rings. The lowest BCUT2D eigenvalue weighted by atomic mass is 9.76. The van der Waals surface area contributed by atoms with Crippen LogP contribution in [0, 0.1) is 17.9 Å². The average Bonchev–Trinajstić information content (AvgIpc) is 2.32. The van der Waals surface area contributed by atoms with Crippen LogP contribution in [0.4, 0.5) is 0 Å². The van der Waals surface area contributed by atoms with Crippen molar-refractivity contribution in [2.24, 2.45) is 11.3 Å². The lowest BCUT2D eigenvalue weighted by Crippen LogP contribution is -2.33. The Morgan fingerprint density at radius 1 is 1.64 bits per heavy atom. The van der Waals surface area contributed by atoms with Gasteiger partial charge in [-0.15, -0.1) is 0 Å². The van der Waals surface area contributed by atoms with Gasteiger partial charge in [0, 0.05) is 0 Å². The van der Waals surface area contributed by atoms with Gasteiger partial charge < -0.3 is 9.58 Å². The second kappa shape index (κ2) is 2.83. The largest absolute Gasteiger partial charge is 0.372 e. The van der Waals surface area contributed by atoms with Crippen molar-refractivity contribution in [1.82, 2.24) is 0 Å². The number of rotatable bonds is 1. The summed E-state index contributed by atoms with van der Waals surface area (Å²) in [6.07, 6.45) is 0. The summed E-state index contributed by atoms with van der Waals surface area (Å²) in [5, 5.41) is 0. The topological polar surface area (TPSA) is 13.6 Å². The van der Waals surface area contributed by atoms with Gasteiger partial charge in [0.2, 0.25) is 0 Å². The predicted octanol–water partition coefficient (Wildman–Crippen LogP) is 1.97. The van der Waals surface area contributed by atoms with Gasteiger partial charge in [0.05, 0.1) is 12.0 Å². The molecule has 0 N–H and O–H groups in total. The van der Waals surface area contributed by atoms with Gasteiger partial charge in [0.1, 0.15) is 6.61 Å². The molecule has 1 heterocycles. The molecule has 0 aromatic heterocycles. The smallest absolute Gasteiger partial charge is 0.254 e. The third-order valence-corrected chi connectivity index (χ3v) is 2.92.